The van der Waals surface area contributed by atoms with Crippen molar-refractivity contribution >= 4 is 17.0 Å². The molecular weight excluding hydrogens is 274 g/mol. The monoisotopic (exact) mass is 291 g/mol. The zero-order chi connectivity index (χ0) is 14.8. The summed E-state index contributed by atoms with van der Waals surface area (Å²) in [5, 5.41) is 11.0. The lowest BCUT2D eigenvalue weighted by Gasteiger charge is -2.18. The molecule has 21 heavy (non-hydrogen) atoms. The van der Waals surface area contributed by atoms with Gasteiger partial charge in [-0.25, -0.2) is 4.98 Å². The van der Waals surface area contributed by atoms with E-state index in [-0.39, 0.29) is 6.54 Å². The smallest absolute Gasteiger partial charge is 0.163 e. The minimum absolute atomic E-state index is 0.220. The van der Waals surface area contributed by atoms with Crippen molar-refractivity contribution in [1.29, 1.82) is 0 Å². The van der Waals surface area contributed by atoms with Gasteiger partial charge in [-0.05, 0) is 0 Å². The van der Waals surface area contributed by atoms with Gasteiger partial charge < -0.3 is 29.7 Å². The largest absolute Gasteiger partial charge is 0.548 e. The Morgan fingerprint density at radius 2 is 2.05 bits per heavy atom. The quantitative estimate of drug-likeness (QED) is 0.740. The maximum atomic E-state index is 11.0. The summed E-state index contributed by atoms with van der Waals surface area (Å²) >= 11 is 0. The molecule has 0 radical (unpaired) electrons. The number of ether oxygens (including phenoxy) is 2. The van der Waals surface area contributed by atoms with Crippen LogP contribution in [0.5, 0.6) is 11.5 Å². The highest BCUT2D eigenvalue weighted by Crippen LogP contribution is 2.34. The van der Waals surface area contributed by atoms with Gasteiger partial charge in [0.15, 0.2) is 11.5 Å². The van der Waals surface area contributed by atoms with Crippen LogP contribution in [0, 0.1) is 0 Å². The molecule has 3 N–H and O–H groups in total. The molecule has 0 aliphatic carbocycles. The topological polar surface area (TPSA) is 104 Å². The highest BCUT2D eigenvalue weighted by molar-refractivity contribution is 5.82. The molecule has 0 saturated carbocycles. The summed E-state index contributed by atoms with van der Waals surface area (Å²) in [4.78, 5) is 15.5. The number of nitrogens with zero attached hydrogens (tertiary/aromatic N) is 2. The van der Waals surface area contributed by atoms with Gasteiger partial charge in [0.1, 0.15) is 19.0 Å². The van der Waals surface area contributed by atoms with Crippen LogP contribution in [0.3, 0.4) is 0 Å². The lowest BCUT2D eigenvalue weighted by Crippen LogP contribution is -2.50. The fourth-order valence-electron chi connectivity index (χ4n) is 2.49. The van der Waals surface area contributed by atoms with E-state index >= 15 is 0 Å². The lowest BCUT2D eigenvalue weighted by atomic mass is 10.2. The summed E-state index contributed by atoms with van der Waals surface area (Å²) in [6.45, 7) is 1.55. The van der Waals surface area contributed by atoms with Crippen LogP contribution in [-0.4, -0.2) is 35.3 Å². The first-order chi connectivity index (χ1) is 10.2. The average Bonchev–Trinajstić information content (AvgIpc) is 2.79. The number of carboxylic acids is 1. The SMILES string of the molecule is [NH3+]CCCc1nc2cc3c(cc2n1CC(=O)[O-])OCCO3. The van der Waals surface area contributed by atoms with Crippen molar-refractivity contribution in [2.75, 3.05) is 19.8 Å². The van der Waals surface area contributed by atoms with Crippen molar-refractivity contribution in [1.82, 2.24) is 9.55 Å². The third-order valence-electron chi connectivity index (χ3n) is 3.43. The molecule has 0 atom stereocenters. The maximum absolute atomic E-state index is 11.0. The second-order valence-electron chi connectivity index (χ2n) is 4.93. The number of rotatable bonds is 5. The number of aliphatic carboxylic acids is 1. The predicted molar refractivity (Wildman–Crippen MR) is 71.8 cm³/mol. The number of carboxylic acid groups (broad SMARTS) is 1. The fraction of sp³-hybridized carbons (Fsp3) is 0.429. The third-order valence-corrected chi connectivity index (χ3v) is 3.43. The fourth-order valence-corrected chi connectivity index (χ4v) is 2.49. The lowest BCUT2D eigenvalue weighted by molar-refractivity contribution is -0.368. The van der Waals surface area contributed by atoms with Crippen LogP contribution in [-0.2, 0) is 17.8 Å². The standard InChI is InChI=1S/C14H17N3O4/c15-3-1-2-13-16-9-6-11-12(21-5-4-20-11)7-10(9)17(13)8-14(18)19/h6-7H,1-5,8,15H2,(H,18,19). The number of hydrogen-bond acceptors (Lipinski definition) is 5. The molecule has 7 nitrogen and oxygen atoms in total. The molecule has 112 valence electrons. The zero-order valence-corrected chi connectivity index (χ0v) is 11.6. The van der Waals surface area contributed by atoms with Crippen molar-refractivity contribution in [3.63, 3.8) is 0 Å². The summed E-state index contributed by atoms with van der Waals surface area (Å²) in [6.07, 6.45) is 1.53. The highest BCUT2D eigenvalue weighted by atomic mass is 16.6. The number of imidazole rings is 1. The van der Waals surface area contributed by atoms with Crippen LogP contribution in [0.1, 0.15) is 12.2 Å². The molecule has 0 bridgehead atoms. The van der Waals surface area contributed by atoms with E-state index in [1.165, 1.54) is 0 Å². The second-order valence-corrected chi connectivity index (χ2v) is 4.93. The van der Waals surface area contributed by atoms with E-state index in [9.17, 15) is 9.90 Å². The van der Waals surface area contributed by atoms with Crippen LogP contribution >= 0.6 is 0 Å². The van der Waals surface area contributed by atoms with Gasteiger partial charge >= 0.3 is 0 Å². The van der Waals surface area contributed by atoms with Crippen molar-refractivity contribution in [2.45, 2.75) is 19.4 Å². The number of carbonyl (C=O) groups excluding carboxylic acids is 1. The number of quaternary nitrogens is 1. The Hall–Kier alpha value is -2.28. The average molecular weight is 291 g/mol. The van der Waals surface area contributed by atoms with Crippen molar-refractivity contribution < 1.29 is 25.1 Å². The van der Waals surface area contributed by atoms with Gasteiger partial charge in [0.05, 0.1) is 30.1 Å². The first-order valence-corrected chi connectivity index (χ1v) is 6.97. The van der Waals surface area contributed by atoms with E-state index in [4.69, 9.17) is 9.47 Å². The zero-order valence-electron chi connectivity index (χ0n) is 11.6. The third kappa shape index (κ3) is 2.64. The van der Waals surface area contributed by atoms with Gasteiger partial charge in [-0.1, -0.05) is 0 Å². The number of hydrogen-bond donors (Lipinski definition) is 1. The van der Waals surface area contributed by atoms with Crippen LogP contribution in [0.2, 0.25) is 0 Å². The summed E-state index contributed by atoms with van der Waals surface area (Å²) in [5.74, 6) is 0.854. The molecule has 0 amide bonds. The van der Waals surface area contributed by atoms with Gasteiger partial charge in [-0.3, -0.25) is 0 Å². The molecule has 1 aromatic carbocycles. The summed E-state index contributed by atoms with van der Waals surface area (Å²) in [5.41, 5.74) is 5.24. The van der Waals surface area contributed by atoms with Gasteiger partial charge in [-0.15, -0.1) is 0 Å². The molecular formula is C14H17N3O4. The molecule has 1 aliphatic heterocycles. The molecule has 0 spiro atoms. The molecule has 2 heterocycles. The van der Waals surface area contributed by atoms with Gasteiger partial charge in [-0.2, -0.15) is 0 Å². The molecule has 2 aromatic rings. The molecule has 3 rings (SSSR count). The number of carbonyl (C=O) groups is 1. The van der Waals surface area contributed by atoms with E-state index in [1.807, 2.05) is 0 Å². The van der Waals surface area contributed by atoms with Gasteiger partial charge in [0.25, 0.3) is 0 Å². The van der Waals surface area contributed by atoms with Crippen LogP contribution in [0.15, 0.2) is 12.1 Å². The number of fused-ring (bicyclic) bond motifs is 2. The van der Waals surface area contributed by atoms with Crippen LogP contribution in [0.4, 0.5) is 0 Å². The first kappa shape index (κ1) is 13.7. The highest BCUT2D eigenvalue weighted by Gasteiger charge is 2.18. The van der Waals surface area contributed by atoms with Crippen molar-refractivity contribution in [2.24, 2.45) is 0 Å². The van der Waals surface area contributed by atoms with Crippen molar-refractivity contribution in [3.8, 4) is 11.5 Å². The second kappa shape index (κ2) is 5.61. The summed E-state index contributed by atoms with van der Waals surface area (Å²) < 4.78 is 12.7. The minimum atomic E-state index is -1.14. The van der Waals surface area contributed by atoms with E-state index < -0.39 is 5.97 Å². The summed E-state index contributed by atoms with van der Waals surface area (Å²) in [7, 11) is 0. The molecule has 0 fully saturated rings. The Balaban J connectivity index is 2.10. The Morgan fingerprint density at radius 3 is 2.71 bits per heavy atom. The van der Waals surface area contributed by atoms with E-state index in [0.29, 0.717) is 36.7 Å². The number of aromatic nitrogens is 2. The Morgan fingerprint density at radius 1 is 1.33 bits per heavy atom. The van der Waals surface area contributed by atoms with Gasteiger partial charge in [0.2, 0.25) is 0 Å². The molecule has 1 aromatic heterocycles. The number of aryl methyl sites for hydroxylation is 1. The Kier molecular flexibility index (Phi) is 3.66. The number of benzene rings is 1. The van der Waals surface area contributed by atoms with E-state index in [1.54, 1.807) is 16.7 Å². The molecule has 0 saturated heterocycles. The van der Waals surface area contributed by atoms with Crippen LogP contribution in [0.25, 0.3) is 11.0 Å². The minimum Gasteiger partial charge on any atom is -0.548 e. The molecule has 0 unspecified atom stereocenters. The van der Waals surface area contributed by atoms with E-state index in [0.717, 1.165) is 24.3 Å². The van der Waals surface area contributed by atoms with Crippen LogP contribution < -0.4 is 20.3 Å². The maximum Gasteiger partial charge on any atom is 0.163 e. The molecule has 7 heteroatoms. The molecule has 1 aliphatic rings. The first-order valence-electron chi connectivity index (χ1n) is 6.97. The Labute approximate surface area is 121 Å². The van der Waals surface area contributed by atoms with Crippen molar-refractivity contribution in [3.05, 3.63) is 18.0 Å². The predicted octanol–water partition coefficient (Wildman–Crippen LogP) is -1.27. The normalized spacial score (nSPS) is 13.6. The Bertz CT molecular complexity index is 680. The summed E-state index contributed by atoms with van der Waals surface area (Å²) in [6, 6.07) is 3.58. The van der Waals surface area contributed by atoms with Gasteiger partial charge in [0, 0.05) is 25.0 Å². The van der Waals surface area contributed by atoms with E-state index in [2.05, 4.69) is 10.7 Å².